The molecule has 2 rings (SSSR count). The molecule has 96 valence electrons. The van der Waals surface area contributed by atoms with Gasteiger partial charge in [0, 0.05) is 17.5 Å². The second-order valence-corrected chi connectivity index (χ2v) is 4.05. The van der Waals surface area contributed by atoms with Gasteiger partial charge in [0.1, 0.15) is 6.61 Å². The average Bonchev–Trinajstić information content (AvgIpc) is 2.81. The molecule has 0 amide bonds. The number of para-hydroxylation sites is 1. The third kappa shape index (κ3) is 2.42. The zero-order chi connectivity index (χ0) is 13.0. The van der Waals surface area contributed by atoms with Crippen LogP contribution in [0, 0.1) is 0 Å². The van der Waals surface area contributed by atoms with Crippen LogP contribution in [0.4, 0.5) is 0 Å². The zero-order valence-corrected chi connectivity index (χ0v) is 10.4. The van der Waals surface area contributed by atoms with Crippen molar-refractivity contribution in [3.8, 4) is 0 Å². The second kappa shape index (κ2) is 5.75. The predicted molar refractivity (Wildman–Crippen MR) is 69.7 cm³/mol. The number of nitrogens with one attached hydrogen (secondary N) is 1. The van der Waals surface area contributed by atoms with E-state index in [1.54, 1.807) is 16.9 Å². The molecule has 1 heterocycles. The number of rotatable bonds is 6. The maximum atomic E-state index is 11.7. The Bertz CT molecular complexity index is 548. The standard InChI is InChI=1S/C13H17N3O2/c1-2-14-6-7-16-13-10(8-15-16)4-3-5-11(13)12(18)9-17/h3-5,8,14,17H,2,6-7,9H2,1H3. The van der Waals surface area contributed by atoms with Crippen LogP contribution < -0.4 is 5.32 Å². The van der Waals surface area contributed by atoms with E-state index in [4.69, 9.17) is 5.11 Å². The van der Waals surface area contributed by atoms with Gasteiger partial charge in [-0.2, -0.15) is 5.10 Å². The van der Waals surface area contributed by atoms with E-state index in [1.165, 1.54) is 0 Å². The van der Waals surface area contributed by atoms with Crippen molar-refractivity contribution in [1.29, 1.82) is 0 Å². The Labute approximate surface area is 105 Å². The molecule has 0 aliphatic heterocycles. The molecule has 0 radical (unpaired) electrons. The third-order valence-electron chi connectivity index (χ3n) is 2.86. The van der Waals surface area contributed by atoms with Crippen molar-refractivity contribution in [3.63, 3.8) is 0 Å². The number of carbonyl (C=O) groups excluding carboxylic acids is 1. The smallest absolute Gasteiger partial charge is 0.190 e. The quantitative estimate of drug-likeness (QED) is 0.586. The summed E-state index contributed by atoms with van der Waals surface area (Å²) in [6.45, 7) is 3.98. The minimum atomic E-state index is -0.475. The van der Waals surface area contributed by atoms with Gasteiger partial charge >= 0.3 is 0 Å². The lowest BCUT2D eigenvalue weighted by Gasteiger charge is -2.07. The molecule has 0 fully saturated rings. The van der Waals surface area contributed by atoms with Crippen LogP contribution in [0.25, 0.3) is 10.9 Å². The molecule has 18 heavy (non-hydrogen) atoms. The van der Waals surface area contributed by atoms with E-state index >= 15 is 0 Å². The van der Waals surface area contributed by atoms with Gasteiger partial charge in [0.15, 0.2) is 5.78 Å². The van der Waals surface area contributed by atoms with Gasteiger partial charge < -0.3 is 10.4 Å². The van der Waals surface area contributed by atoms with Crippen LogP contribution in [0.1, 0.15) is 17.3 Å². The van der Waals surface area contributed by atoms with Crippen LogP contribution in [0.5, 0.6) is 0 Å². The van der Waals surface area contributed by atoms with Gasteiger partial charge in [-0.05, 0) is 12.6 Å². The average molecular weight is 247 g/mol. The minimum absolute atomic E-state index is 0.272. The molecule has 0 bridgehead atoms. The number of aliphatic hydroxyl groups excluding tert-OH is 1. The van der Waals surface area contributed by atoms with Crippen LogP contribution in [0.2, 0.25) is 0 Å². The van der Waals surface area contributed by atoms with Crippen LogP contribution in [-0.4, -0.2) is 40.4 Å². The normalized spacial score (nSPS) is 11.0. The summed E-state index contributed by atoms with van der Waals surface area (Å²) < 4.78 is 1.81. The number of Topliss-reactive ketones (excluding diaryl/α,β-unsaturated/α-hetero) is 1. The summed E-state index contributed by atoms with van der Waals surface area (Å²) in [6, 6.07) is 5.45. The molecule has 2 N–H and O–H groups in total. The fraction of sp³-hybridized carbons (Fsp3) is 0.385. The Balaban J connectivity index is 2.39. The molecule has 2 aromatic rings. The fourth-order valence-electron chi connectivity index (χ4n) is 1.98. The van der Waals surface area contributed by atoms with Crippen LogP contribution in [-0.2, 0) is 6.54 Å². The highest BCUT2D eigenvalue weighted by molar-refractivity contribution is 6.07. The van der Waals surface area contributed by atoms with Crippen molar-refractivity contribution in [1.82, 2.24) is 15.1 Å². The Morgan fingerprint density at radius 2 is 2.33 bits per heavy atom. The molecule has 5 heteroatoms. The first-order valence-corrected chi connectivity index (χ1v) is 6.07. The number of hydrogen-bond donors (Lipinski definition) is 2. The van der Waals surface area contributed by atoms with Gasteiger partial charge in [-0.15, -0.1) is 0 Å². The number of nitrogens with zero attached hydrogens (tertiary/aromatic N) is 2. The number of benzene rings is 1. The highest BCUT2D eigenvalue weighted by Crippen LogP contribution is 2.18. The van der Waals surface area contributed by atoms with Crippen LogP contribution in [0.3, 0.4) is 0 Å². The van der Waals surface area contributed by atoms with Gasteiger partial charge in [0.2, 0.25) is 0 Å². The van der Waals surface area contributed by atoms with E-state index in [2.05, 4.69) is 10.4 Å². The second-order valence-electron chi connectivity index (χ2n) is 4.05. The molecule has 0 saturated carbocycles. The lowest BCUT2D eigenvalue weighted by molar-refractivity contribution is 0.0905. The Morgan fingerprint density at radius 3 is 3.06 bits per heavy atom. The van der Waals surface area contributed by atoms with E-state index in [9.17, 15) is 4.79 Å². The molecular weight excluding hydrogens is 230 g/mol. The first-order valence-electron chi connectivity index (χ1n) is 6.07. The number of aromatic nitrogens is 2. The molecule has 1 aromatic carbocycles. The van der Waals surface area contributed by atoms with Crippen molar-refractivity contribution in [2.45, 2.75) is 13.5 Å². The molecule has 0 spiro atoms. The van der Waals surface area contributed by atoms with Crippen molar-refractivity contribution in [2.75, 3.05) is 19.7 Å². The van der Waals surface area contributed by atoms with Crippen molar-refractivity contribution in [3.05, 3.63) is 30.0 Å². The van der Waals surface area contributed by atoms with E-state index in [1.807, 2.05) is 19.1 Å². The van der Waals surface area contributed by atoms with E-state index in [0.29, 0.717) is 12.1 Å². The Morgan fingerprint density at radius 1 is 1.50 bits per heavy atom. The molecule has 1 aromatic heterocycles. The SMILES string of the molecule is CCNCCn1ncc2cccc(C(=O)CO)c21. The lowest BCUT2D eigenvalue weighted by atomic mass is 10.1. The summed E-state index contributed by atoms with van der Waals surface area (Å²) >= 11 is 0. The molecule has 5 nitrogen and oxygen atoms in total. The molecule has 0 aliphatic carbocycles. The maximum Gasteiger partial charge on any atom is 0.190 e. The monoisotopic (exact) mass is 247 g/mol. The zero-order valence-electron chi connectivity index (χ0n) is 10.4. The molecular formula is C13H17N3O2. The molecule has 0 atom stereocenters. The van der Waals surface area contributed by atoms with Crippen LogP contribution in [0.15, 0.2) is 24.4 Å². The number of carbonyl (C=O) groups is 1. The number of likely N-dealkylation sites (N-methyl/N-ethyl adjacent to an activating group) is 1. The molecule has 0 unspecified atom stereocenters. The summed E-state index contributed by atoms with van der Waals surface area (Å²) in [5.74, 6) is -0.272. The summed E-state index contributed by atoms with van der Waals surface area (Å²) in [6.07, 6.45) is 1.75. The Hall–Kier alpha value is -1.72. The van der Waals surface area contributed by atoms with E-state index < -0.39 is 6.61 Å². The molecule has 0 saturated heterocycles. The highest BCUT2D eigenvalue weighted by atomic mass is 16.3. The Kier molecular flexibility index (Phi) is 4.07. The van der Waals surface area contributed by atoms with E-state index in [0.717, 1.165) is 24.0 Å². The maximum absolute atomic E-state index is 11.7. The number of hydrogen-bond acceptors (Lipinski definition) is 4. The van der Waals surface area contributed by atoms with Gasteiger partial charge in [-0.1, -0.05) is 19.1 Å². The summed E-state index contributed by atoms with van der Waals surface area (Å²) in [5.41, 5.74) is 1.33. The fourth-order valence-corrected chi connectivity index (χ4v) is 1.98. The first-order chi connectivity index (χ1) is 8.77. The number of aliphatic hydroxyl groups is 1. The lowest BCUT2D eigenvalue weighted by Crippen LogP contribution is -2.20. The van der Waals surface area contributed by atoms with Crippen molar-refractivity contribution in [2.24, 2.45) is 0 Å². The third-order valence-corrected chi connectivity index (χ3v) is 2.86. The van der Waals surface area contributed by atoms with Gasteiger partial charge in [0.05, 0.1) is 18.3 Å². The van der Waals surface area contributed by atoms with Crippen molar-refractivity contribution < 1.29 is 9.90 Å². The first kappa shape index (κ1) is 12.7. The van der Waals surface area contributed by atoms with Gasteiger partial charge in [-0.3, -0.25) is 9.48 Å². The molecule has 0 aliphatic rings. The predicted octanol–water partition coefficient (Wildman–Crippen LogP) is 0.821. The minimum Gasteiger partial charge on any atom is -0.388 e. The number of fused-ring (bicyclic) bond motifs is 1. The van der Waals surface area contributed by atoms with Gasteiger partial charge in [0.25, 0.3) is 0 Å². The number of ketones is 1. The topological polar surface area (TPSA) is 67.2 Å². The van der Waals surface area contributed by atoms with Crippen molar-refractivity contribution >= 4 is 16.7 Å². The van der Waals surface area contributed by atoms with E-state index in [-0.39, 0.29) is 5.78 Å². The highest BCUT2D eigenvalue weighted by Gasteiger charge is 2.13. The summed E-state index contributed by atoms with van der Waals surface area (Å²) in [5, 5.41) is 17.4. The largest absolute Gasteiger partial charge is 0.388 e. The summed E-state index contributed by atoms with van der Waals surface area (Å²) in [4.78, 5) is 11.7. The summed E-state index contributed by atoms with van der Waals surface area (Å²) in [7, 11) is 0. The van der Waals surface area contributed by atoms with Crippen LogP contribution >= 0.6 is 0 Å². The van der Waals surface area contributed by atoms with Gasteiger partial charge in [-0.25, -0.2) is 0 Å².